The smallest absolute Gasteiger partial charge is 0.307 e. The van der Waals surface area contributed by atoms with E-state index in [-0.39, 0.29) is 31.9 Å². The molecule has 5 heteroatoms. The summed E-state index contributed by atoms with van der Waals surface area (Å²) in [6.07, 6.45) is 0.173. The molecule has 0 spiro atoms. The molecule has 0 atom stereocenters. The molecule has 0 aliphatic heterocycles. The number of rotatable bonds is 7. The second kappa shape index (κ2) is 8.32. The minimum absolute atomic E-state index is 0.173. The minimum Gasteiger partial charge on any atom is -0.466 e. The normalized spacial score (nSPS) is 11.1. The molecule has 0 saturated carbocycles. The Balaban J connectivity index is 2.42. The van der Waals surface area contributed by atoms with Gasteiger partial charge in [-0.1, -0.05) is 12.1 Å². The van der Waals surface area contributed by atoms with E-state index >= 15 is 0 Å². The van der Waals surface area contributed by atoms with Gasteiger partial charge in [0.1, 0.15) is 0 Å². The highest BCUT2D eigenvalue weighted by Gasteiger charge is 2.07. The molecule has 5 nitrogen and oxygen atoms in total. The zero-order valence-corrected chi connectivity index (χ0v) is 12.0. The van der Waals surface area contributed by atoms with Crippen molar-refractivity contribution in [3.05, 3.63) is 35.4 Å². The third kappa shape index (κ3) is 5.84. The van der Waals surface area contributed by atoms with Crippen LogP contribution in [-0.4, -0.2) is 44.0 Å². The van der Waals surface area contributed by atoms with Gasteiger partial charge in [0.15, 0.2) is 0 Å². The van der Waals surface area contributed by atoms with Crippen LogP contribution in [-0.2, 0) is 16.1 Å². The van der Waals surface area contributed by atoms with Crippen LogP contribution in [0.3, 0.4) is 0 Å². The number of ether oxygens (including phenoxy) is 1. The van der Waals surface area contributed by atoms with Gasteiger partial charge in [-0.3, -0.25) is 9.59 Å². The molecule has 1 rings (SSSR count). The molecule has 0 saturated heterocycles. The van der Waals surface area contributed by atoms with Gasteiger partial charge in [-0.25, -0.2) is 0 Å². The molecule has 0 aromatic heterocycles. The third-order valence-electron chi connectivity index (χ3n) is 2.59. The summed E-state index contributed by atoms with van der Waals surface area (Å²) < 4.78 is 12.0. The number of carbonyl (C=O) groups excluding carboxylic acids is 2. The molecule has 110 valence electrons. The van der Waals surface area contributed by atoms with Crippen LogP contribution in [0.1, 0.15) is 30.6 Å². The summed E-state index contributed by atoms with van der Waals surface area (Å²) in [6, 6.07) is 7.22. The van der Waals surface area contributed by atoms with Gasteiger partial charge < -0.3 is 15.0 Å². The molecule has 0 heterocycles. The number of esters is 1. The van der Waals surface area contributed by atoms with Crippen molar-refractivity contribution in [3.8, 4) is 0 Å². The standard InChI is InChI=1S/C15H22N2O3/c1-4-20-14(18)9-10-16-15(19)13-7-5-12(6-8-13)11-17(2)3/h5-8H,4,9-11H2,1-3H3,(H,16,19)/i2D. The number of hydrogen-bond acceptors (Lipinski definition) is 4. The van der Waals surface area contributed by atoms with E-state index in [1.807, 2.05) is 24.1 Å². The van der Waals surface area contributed by atoms with Crippen molar-refractivity contribution in [2.24, 2.45) is 0 Å². The van der Waals surface area contributed by atoms with E-state index in [2.05, 4.69) is 5.32 Å². The highest BCUT2D eigenvalue weighted by molar-refractivity contribution is 5.94. The van der Waals surface area contributed by atoms with Crippen molar-refractivity contribution in [3.63, 3.8) is 0 Å². The van der Waals surface area contributed by atoms with Gasteiger partial charge in [-0.2, -0.15) is 0 Å². The van der Waals surface area contributed by atoms with Crippen molar-refractivity contribution >= 4 is 11.9 Å². The summed E-state index contributed by atoms with van der Waals surface area (Å²) >= 11 is 0. The van der Waals surface area contributed by atoms with Crippen molar-refractivity contribution in [1.29, 1.82) is 0 Å². The lowest BCUT2D eigenvalue weighted by Gasteiger charge is -2.10. The topological polar surface area (TPSA) is 58.6 Å². The minimum atomic E-state index is -0.313. The summed E-state index contributed by atoms with van der Waals surface area (Å²) in [6.45, 7) is 3.03. The summed E-state index contributed by atoms with van der Waals surface area (Å²) in [5.74, 6) is -0.522. The Bertz CT molecular complexity index is 462. The predicted molar refractivity (Wildman–Crippen MR) is 77.4 cm³/mol. The van der Waals surface area contributed by atoms with Gasteiger partial charge in [0.05, 0.1) is 13.0 Å². The monoisotopic (exact) mass is 279 g/mol. The van der Waals surface area contributed by atoms with Crippen LogP contribution in [0.15, 0.2) is 24.3 Å². The molecule has 0 aliphatic carbocycles. The van der Waals surface area contributed by atoms with Crippen LogP contribution in [0.2, 0.25) is 0 Å². The summed E-state index contributed by atoms with van der Waals surface area (Å²) in [5.41, 5.74) is 1.60. The summed E-state index contributed by atoms with van der Waals surface area (Å²) in [4.78, 5) is 24.9. The molecule has 0 unspecified atom stereocenters. The van der Waals surface area contributed by atoms with E-state index in [1.165, 1.54) is 0 Å². The first-order valence-electron chi connectivity index (χ1n) is 7.28. The molecular weight excluding hydrogens is 256 g/mol. The van der Waals surface area contributed by atoms with Gasteiger partial charge in [0.25, 0.3) is 5.91 Å². The van der Waals surface area contributed by atoms with E-state index in [0.717, 1.165) is 5.56 Å². The van der Waals surface area contributed by atoms with Crippen molar-refractivity contribution < 1.29 is 15.7 Å². The van der Waals surface area contributed by atoms with Gasteiger partial charge in [0.2, 0.25) is 0 Å². The van der Waals surface area contributed by atoms with E-state index in [4.69, 9.17) is 6.11 Å². The lowest BCUT2D eigenvalue weighted by Crippen LogP contribution is -2.26. The predicted octanol–water partition coefficient (Wildman–Crippen LogP) is 1.43. The zero-order chi connectivity index (χ0) is 15.7. The first-order valence-corrected chi connectivity index (χ1v) is 6.57. The average Bonchev–Trinajstić information content (AvgIpc) is 2.48. The first-order chi connectivity index (χ1) is 10.1. The second-order valence-corrected chi connectivity index (χ2v) is 4.52. The Morgan fingerprint density at radius 2 is 2.05 bits per heavy atom. The molecule has 0 fully saturated rings. The molecule has 0 radical (unpaired) electrons. The van der Waals surface area contributed by atoms with Crippen LogP contribution in [0.25, 0.3) is 0 Å². The van der Waals surface area contributed by atoms with Crippen molar-refractivity contribution in [2.45, 2.75) is 19.9 Å². The third-order valence-corrected chi connectivity index (χ3v) is 2.59. The van der Waals surface area contributed by atoms with Crippen LogP contribution in [0.4, 0.5) is 0 Å². The molecule has 1 amide bonds. The largest absolute Gasteiger partial charge is 0.466 e. The number of hydrogen-bond donors (Lipinski definition) is 1. The zero-order valence-electron chi connectivity index (χ0n) is 13.0. The van der Waals surface area contributed by atoms with Gasteiger partial charge in [-0.05, 0) is 38.7 Å². The molecular formula is C15H22N2O3. The van der Waals surface area contributed by atoms with E-state index in [9.17, 15) is 9.59 Å². The molecule has 0 bridgehead atoms. The molecule has 1 N–H and O–H groups in total. The second-order valence-electron chi connectivity index (χ2n) is 4.52. The van der Waals surface area contributed by atoms with E-state index < -0.39 is 0 Å². The Kier molecular flexibility index (Phi) is 6.05. The fraction of sp³-hybridized carbons (Fsp3) is 0.467. The maximum absolute atomic E-state index is 11.9. The summed E-state index contributed by atoms with van der Waals surface area (Å²) in [5, 5.41) is 2.68. The highest BCUT2D eigenvalue weighted by atomic mass is 16.5. The lowest BCUT2D eigenvalue weighted by molar-refractivity contribution is -0.142. The fourth-order valence-electron chi connectivity index (χ4n) is 1.69. The number of amides is 1. The number of nitrogens with zero attached hydrogens (tertiary/aromatic N) is 1. The maximum Gasteiger partial charge on any atom is 0.307 e. The molecule has 20 heavy (non-hydrogen) atoms. The highest BCUT2D eigenvalue weighted by Crippen LogP contribution is 2.06. The SMILES string of the molecule is [2H]CN(C)Cc1ccc(C(=O)NCCC(=O)OCC)cc1. The summed E-state index contributed by atoms with van der Waals surface area (Å²) in [7, 11) is 2.10. The van der Waals surface area contributed by atoms with Crippen LogP contribution >= 0.6 is 0 Å². The Hall–Kier alpha value is -1.88. The number of nitrogens with one attached hydrogen (secondary N) is 1. The lowest BCUT2D eigenvalue weighted by atomic mass is 10.1. The molecule has 1 aromatic carbocycles. The van der Waals surface area contributed by atoms with Gasteiger partial charge in [0, 0.05) is 20.0 Å². The Morgan fingerprint density at radius 3 is 2.65 bits per heavy atom. The Morgan fingerprint density at radius 1 is 1.35 bits per heavy atom. The molecule has 1 aromatic rings. The van der Waals surface area contributed by atoms with Crippen molar-refractivity contribution in [2.75, 3.05) is 27.2 Å². The number of benzene rings is 1. The molecule has 0 aliphatic rings. The van der Waals surface area contributed by atoms with Crippen LogP contribution < -0.4 is 5.32 Å². The quantitative estimate of drug-likeness (QED) is 0.767. The van der Waals surface area contributed by atoms with E-state index in [1.54, 1.807) is 19.1 Å². The van der Waals surface area contributed by atoms with Gasteiger partial charge >= 0.3 is 5.97 Å². The number of carbonyl (C=O) groups is 2. The van der Waals surface area contributed by atoms with Crippen LogP contribution in [0.5, 0.6) is 0 Å². The van der Waals surface area contributed by atoms with E-state index in [0.29, 0.717) is 18.7 Å². The Labute approximate surface area is 121 Å². The van der Waals surface area contributed by atoms with Gasteiger partial charge in [-0.15, -0.1) is 0 Å². The van der Waals surface area contributed by atoms with Crippen molar-refractivity contribution in [1.82, 2.24) is 10.2 Å². The van der Waals surface area contributed by atoms with Crippen LogP contribution in [0, 0.1) is 0 Å². The first kappa shape index (κ1) is 14.5. The maximum atomic E-state index is 11.9. The fourth-order valence-corrected chi connectivity index (χ4v) is 1.69. The average molecular weight is 279 g/mol.